The SMILES string of the molecule is CC(C)N(CCNc1cc(NCc2cccnc2)ncn1)C(C)C. The largest absolute Gasteiger partial charge is 0.369 e. The van der Waals surface area contributed by atoms with Gasteiger partial charge in [0, 0.05) is 50.2 Å². The number of pyridine rings is 1. The van der Waals surface area contributed by atoms with Gasteiger partial charge in [-0.05, 0) is 39.3 Å². The molecule has 0 radical (unpaired) electrons. The third kappa shape index (κ3) is 5.77. The van der Waals surface area contributed by atoms with E-state index in [0.29, 0.717) is 18.6 Å². The first kappa shape index (κ1) is 18.1. The molecule has 0 fully saturated rings. The number of anilines is 2. The molecule has 0 amide bonds. The number of nitrogens with one attached hydrogen (secondary N) is 2. The molecule has 0 bridgehead atoms. The van der Waals surface area contributed by atoms with Crippen molar-refractivity contribution >= 4 is 11.6 Å². The maximum absolute atomic E-state index is 4.29. The summed E-state index contributed by atoms with van der Waals surface area (Å²) in [5.41, 5.74) is 1.12. The van der Waals surface area contributed by atoms with Crippen LogP contribution in [0.3, 0.4) is 0 Å². The summed E-state index contributed by atoms with van der Waals surface area (Å²) in [6, 6.07) is 6.97. The number of rotatable bonds is 9. The van der Waals surface area contributed by atoms with Crippen LogP contribution in [0.15, 0.2) is 36.9 Å². The lowest BCUT2D eigenvalue weighted by atomic mass is 10.2. The summed E-state index contributed by atoms with van der Waals surface area (Å²) in [5, 5.41) is 6.67. The zero-order valence-electron chi connectivity index (χ0n) is 15.0. The third-order valence-electron chi connectivity index (χ3n) is 3.87. The molecular formula is C18H28N6. The fourth-order valence-electron chi connectivity index (χ4n) is 2.67. The van der Waals surface area contributed by atoms with Crippen LogP contribution < -0.4 is 10.6 Å². The molecule has 0 aromatic carbocycles. The van der Waals surface area contributed by atoms with Crippen LogP contribution in [-0.4, -0.2) is 45.0 Å². The number of nitrogens with zero attached hydrogens (tertiary/aromatic N) is 4. The van der Waals surface area contributed by atoms with Crippen LogP contribution >= 0.6 is 0 Å². The van der Waals surface area contributed by atoms with Crippen molar-refractivity contribution in [3.63, 3.8) is 0 Å². The van der Waals surface area contributed by atoms with Gasteiger partial charge in [-0.15, -0.1) is 0 Å². The summed E-state index contributed by atoms with van der Waals surface area (Å²) in [7, 11) is 0. The minimum Gasteiger partial charge on any atom is -0.369 e. The van der Waals surface area contributed by atoms with Crippen molar-refractivity contribution in [2.45, 2.75) is 46.3 Å². The third-order valence-corrected chi connectivity index (χ3v) is 3.87. The Kier molecular flexibility index (Phi) is 6.93. The Bertz CT molecular complexity index is 591. The van der Waals surface area contributed by atoms with E-state index in [1.807, 2.05) is 24.4 Å². The topological polar surface area (TPSA) is 66.0 Å². The molecule has 0 aliphatic carbocycles. The second-order valence-electron chi connectivity index (χ2n) is 6.36. The van der Waals surface area contributed by atoms with Gasteiger partial charge in [0.15, 0.2) is 0 Å². The average molecular weight is 328 g/mol. The van der Waals surface area contributed by atoms with Gasteiger partial charge in [-0.25, -0.2) is 9.97 Å². The molecule has 2 aromatic rings. The van der Waals surface area contributed by atoms with Crippen LogP contribution in [0.2, 0.25) is 0 Å². The molecule has 2 N–H and O–H groups in total. The zero-order chi connectivity index (χ0) is 17.4. The monoisotopic (exact) mass is 328 g/mol. The standard InChI is InChI=1S/C18H28N6/c1-14(2)24(15(3)4)9-8-20-17-10-18(23-13-22-17)21-12-16-6-5-7-19-11-16/h5-7,10-11,13-15H,8-9,12H2,1-4H3,(H2,20,21,22,23). The fraction of sp³-hybridized carbons (Fsp3) is 0.500. The van der Waals surface area contributed by atoms with Crippen molar-refractivity contribution in [3.8, 4) is 0 Å². The van der Waals surface area contributed by atoms with Crippen molar-refractivity contribution in [2.75, 3.05) is 23.7 Å². The van der Waals surface area contributed by atoms with E-state index in [0.717, 1.165) is 30.3 Å². The van der Waals surface area contributed by atoms with Crippen LogP contribution in [0.25, 0.3) is 0 Å². The lowest BCUT2D eigenvalue weighted by Crippen LogP contribution is -2.40. The van der Waals surface area contributed by atoms with Gasteiger partial charge < -0.3 is 10.6 Å². The Balaban J connectivity index is 1.84. The molecule has 0 unspecified atom stereocenters. The Morgan fingerprint density at radius 1 is 1.04 bits per heavy atom. The van der Waals surface area contributed by atoms with Gasteiger partial charge in [-0.1, -0.05) is 6.07 Å². The molecular weight excluding hydrogens is 300 g/mol. The molecule has 0 atom stereocenters. The average Bonchev–Trinajstić information content (AvgIpc) is 2.57. The van der Waals surface area contributed by atoms with Crippen LogP contribution in [-0.2, 0) is 6.54 Å². The van der Waals surface area contributed by atoms with Crippen LogP contribution in [0.5, 0.6) is 0 Å². The lowest BCUT2D eigenvalue weighted by molar-refractivity contribution is 0.182. The molecule has 2 rings (SSSR count). The quantitative estimate of drug-likeness (QED) is 0.737. The Labute approximate surface area is 144 Å². The number of hydrogen-bond acceptors (Lipinski definition) is 6. The van der Waals surface area contributed by atoms with Crippen molar-refractivity contribution < 1.29 is 0 Å². The van der Waals surface area contributed by atoms with Crippen molar-refractivity contribution in [1.29, 1.82) is 0 Å². The molecule has 2 aromatic heterocycles. The second kappa shape index (κ2) is 9.17. The van der Waals surface area contributed by atoms with E-state index in [2.05, 4.69) is 58.2 Å². The Morgan fingerprint density at radius 2 is 1.75 bits per heavy atom. The van der Waals surface area contributed by atoms with Gasteiger partial charge in [0.05, 0.1) is 0 Å². The predicted molar refractivity (Wildman–Crippen MR) is 99.1 cm³/mol. The van der Waals surface area contributed by atoms with Crippen molar-refractivity contribution in [3.05, 3.63) is 42.5 Å². The zero-order valence-corrected chi connectivity index (χ0v) is 15.0. The van der Waals surface area contributed by atoms with E-state index in [4.69, 9.17) is 0 Å². The smallest absolute Gasteiger partial charge is 0.131 e. The molecule has 130 valence electrons. The molecule has 2 heterocycles. The van der Waals surface area contributed by atoms with E-state index in [1.165, 1.54) is 0 Å². The van der Waals surface area contributed by atoms with Gasteiger partial charge >= 0.3 is 0 Å². The summed E-state index contributed by atoms with van der Waals surface area (Å²) >= 11 is 0. The minimum atomic E-state index is 0.536. The highest BCUT2D eigenvalue weighted by atomic mass is 15.2. The molecule has 0 saturated carbocycles. The summed E-state index contributed by atoms with van der Waals surface area (Å²) in [6.45, 7) is 11.4. The van der Waals surface area contributed by atoms with Gasteiger partial charge in [0.25, 0.3) is 0 Å². The van der Waals surface area contributed by atoms with E-state index in [-0.39, 0.29) is 0 Å². The molecule has 0 saturated heterocycles. The van der Waals surface area contributed by atoms with Gasteiger partial charge in [0.1, 0.15) is 18.0 Å². The predicted octanol–water partition coefficient (Wildman–Crippen LogP) is 3.01. The number of hydrogen-bond donors (Lipinski definition) is 2. The van der Waals surface area contributed by atoms with Crippen LogP contribution in [0.4, 0.5) is 11.6 Å². The highest BCUT2D eigenvalue weighted by molar-refractivity contribution is 5.46. The molecule has 24 heavy (non-hydrogen) atoms. The van der Waals surface area contributed by atoms with E-state index >= 15 is 0 Å². The maximum Gasteiger partial charge on any atom is 0.131 e. The van der Waals surface area contributed by atoms with Crippen LogP contribution in [0.1, 0.15) is 33.3 Å². The molecule has 6 nitrogen and oxygen atoms in total. The van der Waals surface area contributed by atoms with Crippen molar-refractivity contribution in [1.82, 2.24) is 19.9 Å². The van der Waals surface area contributed by atoms with Gasteiger partial charge in [-0.2, -0.15) is 0 Å². The summed E-state index contributed by atoms with van der Waals surface area (Å²) in [5.74, 6) is 1.65. The summed E-state index contributed by atoms with van der Waals surface area (Å²) in [4.78, 5) is 15.1. The molecule has 6 heteroatoms. The van der Waals surface area contributed by atoms with E-state index in [9.17, 15) is 0 Å². The first-order chi connectivity index (χ1) is 11.6. The van der Waals surface area contributed by atoms with Crippen LogP contribution in [0, 0.1) is 0 Å². The van der Waals surface area contributed by atoms with Crippen molar-refractivity contribution in [2.24, 2.45) is 0 Å². The Hall–Kier alpha value is -2.21. The summed E-state index contributed by atoms with van der Waals surface area (Å²) < 4.78 is 0. The highest BCUT2D eigenvalue weighted by Crippen LogP contribution is 2.10. The molecule has 0 aliphatic heterocycles. The maximum atomic E-state index is 4.29. The lowest BCUT2D eigenvalue weighted by Gasteiger charge is -2.30. The second-order valence-corrected chi connectivity index (χ2v) is 6.36. The Morgan fingerprint density at radius 3 is 2.38 bits per heavy atom. The molecule has 0 spiro atoms. The number of aromatic nitrogens is 3. The minimum absolute atomic E-state index is 0.536. The normalized spacial score (nSPS) is 11.3. The van der Waals surface area contributed by atoms with Gasteiger partial charge in [-0.3, -0.25) is 9.88 Å². The fourth-order valence-corrected chi connectivity index (χ4v) is 2.67. The van der Waals surface area contributed by atoms with E-state index in [1.54, 1.807) is 12.5 Å². The first-order valence-corrected chi connectivity index (χ1v) is 8.50. The first-order valence-electron chi connectivity index (χ1n) is 8.50. The highest BCUT2D eigenvalue weighted by Gasteiger charge is 2.12. The summed E-state index contributed by atoms with van der Waals surface area (Å²) in [6.07, 6.45) is 5.20. The molecule has 0 aliphatic rings. The van der Waals surface area contributed by atoms with Gasteiger partial charge in [0.2, 0.25) is 0 Å². The van der Waals surface area contributed by atoms with E-state index < -0.39 is 0 Å².